The Hall–Kier alpha value is -11.7. The van der Waals surface area contributed by atoms with E-state index in [1.165, 1.54) is 38.4 Å². The largest absolute Gasteiger partial charge is 0.495 e. The van der Waals surface area contributed by atoms with E-state index in [-0.39, 0.29) is 46.6 Å². The number of amides is 2. The maximum absolute atomic E-state index is 15.6. The fourth-order valence-corrected chi connectivity index (χ4v) is 13.6. The number of carbonyl (C=O) groups is 4. The molecule has 114 heavy (non-hydrogen) atoms. The Balaban J connectivity index is 0.000000159. The predicted octanol–water partition coefficient (Wildman–Crippen LogP) is 14.4. The van der Waals surface area contributed by atoms with E-state index < -0.39 is 53.0 Å². The Morgan fingerprint density at radius 3 is 1.43 bits per heavy atom. The number of aromatic nitrogens is 8. The van der Waals surface area contributed by atoms with E-state index in [1.54, 1.807) is 101 Å². The first-order valence-electron chi connectivity index (χ1n) is 37.3. The number of morpholine rings is 2. The summed E-state index contributed by atoms with van der Waals surface area (Å²) in [6.45, 7) is 26.4. The first kappa shape index (κ1) is 80.3. The molecule has 586 valence electrons. The van der Waals surface area contributed by atoms with Gasteiger partial charge in [-0.2, -0.15) is 19.6 Å². The van der Waals surface area contributed by atoms with Crippen molar-refractivity contribution in [1.82, 2.24) is 49.3 Å². The zero-order valence-corrected chi connectivity index (χ0v) is 66.1. The van der Waals surface area contributed by atoms with Crippen LogP contribution in [-0.4, -0.2) is 144 Å². The van der Waals surface area contributed by atoms with E-state index in [0.717, 1.165) is 48.0 Å². The maximum Gasteiger partial charge on any atom is 0.495 e. The minimum atomic E-state index is -0.761. The second kappa shape index (κ2) is 33.1. The molecule has 0 bridgehead atoms. The molecular formula is C86H86BClF2N12O12. The third kappa shape index (κ3) is 17.5. The van der Waals surface area contributed by atoms with Gasteiger partial charge in [0.1, 0.15) is 36.5 Å². The van der Waals surface area contributed by atoms with Crippen molar-refractivity contribution >= 4 is 114 Å². The van der Waals surface area contributed by atoms with Gasteiger partial charge >= 0.3 is 19.1 Å². The van der Waals surface area contributed by atoms with E-state index in [1.807, 2.05) is 124 Å². The molecule has 0 atom stereocenters. The first-order chi connectivity index (χ1) is 54.3. The Bertz CT molecular complexity index is 5810. The zero-order valence-electron chi connectivity index (χ0n) is 65.3. The number of carbonyl (C=O) groups excluding carboxylic acids is 4. The van der Waals surface area contributed by atoms with Crippen LogP contribution in [0.4, 0.5) is 31.8 Å². The summed E-state index contributed by atoms with van der Waals surface area (Å²) in [6, 6.07) is 39.0. The van der Waals surface area contributed by atoms with Crippen molar-refractivity contribution in [1.29, 1.82) is 0 Å². The smallest absolute Gasteiger partial charge is 0.461 e. The lowest BCUT2D eigenvalue weighted by Crippen LogP contribution is -2.41. The molecule has 6 aromatic carbocycles. The van der Waals surface area contributed by atoms with Gasteiger partial charge in [0.15, 0.2) is 0 Å². The molecule has 9 heterocycles. The fraction of sp³-hybridized carbons (Fsp3) is 0.302. The van der Waals surface area contributed by atoms with Crippen LogP contribution in [0.25, 0.3) is 65.9 Å². The van der Waals surface area contributed by atoms with Crippen LogP contribution in [0.5, 0.6) is 0 Å². The summed E-state index contributed by atoms with van der Waals surface area (Å²) in [5.41, 5.74) is 6.04. The Morgan fingerprint density at radius 1 is 0.526 bits per heavy atom. The molecular weight excluding hydrogens is 1480 g/mol. The number of anilines is 4. The van der Waals surface area contributed by atoms with Gasteiger partial charge in [-0.25, -0.2) is 18.7 Å². The van der Waals surface area contributed by atoms with Crippen LogP contribution in [0.15, 0.2) is 180 Å². The molecule has 0 saturated carbocycles. The molecule has 28 heteroatoms. The highest BCUT2D eigenvalue weighted by atomic mass is 35.5. The lowest BCUT2D eigenvalue weighted by molar-refractivity contribution is -0.143. The van der Waals surface area contributed by atoms with Crippen LogP contribution in [0.3, 0.4) is 0 Å². The average Bonchev–Trinajstić information content (AvgIpc) is 1.15. The maximum atomic E-state index is 15.6. The molecule has 6 aromatic heterocycles. The summed E-state index contributed by atoms with van der Waals surface area (Å²) >= 11 is 6.19. The summed E-state index contributed by atoms with van der Waals surface area (Å²) in [4.78, 5) is 98.1. The third-order valence-corrected chi connectivity index (χ3v) is 20.6. The first-order valence-corrected chi connectivity index (χ1v) is 37.6. The van der Waals surface area contributed by atoms with Crippen molar-refractivity contribution in [2.45, 2.75) is 118 Å². The van der Waals surface area contributed by atoms with Gasteiger partial charge in [0.05, 0.1) is 106 Å². The normalized spacial score (nSPS) is 14.7. The van der Waals surface area contributed by atoms with Crippen LogP contribution < -0.4 is 27.2 Å². The van der Waals surface area contributed by atoms with Gasteiger partial charge in [0.2, 0.25) is 0 Å². The summed E-state index contributed by atoms with van der Waals surface area (Å²) in [5, 5.41) is 18.5. The van der Waals surface area contributed by atoms with Crippen LogP contribution in [0.1, 0.15) is 126 Å². The zero-order chi connectivity index (χ0) is 81.1. The van der Waals surface area contributed by atoms with Gasteiger partial charge in [0, 0.05) is 103 Å². The topological polar surface area (TPSA) is 276 Å². The van der Waals surface area contributed by atoms with Gasteiger partial charge in [-0.15, -0.1) is 0 Å². The second-order valence-corrected chi connectivity index (χ2v) is 31.4. The summed E-state index contributed by atoms with van der Waals surface area (Å²) < 4.78 is 67.1. The molecule has 3 aliphatic heterocycles. The lowest BCUT2D eigenvalue weighted by Gasteiger charge is -2.32. The molecule has 2 N–H and O–H groups in total. The molecule has 3 aliphatic rings. The highest BCUT2D eigenvalue weighted by Gasteiger charge is 2.52. The quantitative estimate of drug-likeness (QED) is 0.0756. The SMILES string of the molecule is CC(=O)OCc1c(-c2cc(Nc3ccc(C(=O)N4CCOCC4)cn3)c3ncccc3c2)cccc1-n1ncc2cc(C(C)(C)C)cc(F)c2c1=O.CC(=O)OCc1c(B2OC(C)(C)C(C)(C)O2)cccc1-n1ncc2cc(C(C)(C)C)cc(F)c2c1=O.O=C(c1ccc(Nc2cc(Cl)cc3cccnc23)nc1)N1CCOCC1. The number of pyridine rings is 4. The number of ether oxygens (including phenoxy) is 4. The molecule has 2 amide bonds. The molecule has 3 fully saturated rings. The standard InChI is InChI=1S/C40H37FN6O5.C27H32BFN2O5.C19H17ClN4O2/c1-24(48)52-23-31-30(8-5-9-34(31)47-39(50)36-28(22-44-47)18-29(20-32(36)41)40(2,3)4)27-17-25-7-6-12-42-37(25)33(19-27)45-35-11-10-26(21-43-35)38(49)46-13-15-51-16-14-46;1-16(32)34-15-19-20(28-35-26(5,6)27(7,8)36-28)10-9-11-22(19)31-24(33)23-17(14-30-31)12-18(13-21(23)29)25(2,3)4;20-15-10-13-2-1-5-21-18(13)16(11-15)23-17-4-3-14(12-22-17)19(25)24-6-8-26-9-7-24/h5-12,17-22H,13-16,23H2,1-4H3,(H,43,45);9-14H,15H2,1-8H3;1-5,10-12H,6-9H2,(H,22,23). The van der Waals surface area contributed by atoms with Gasteiger partial charge in [-0.05, 0) is 163 Å². The number of nitrogens with one attached hydrogen (secondary N) is 2. The number of rotatable bonds is 14. The van der Waals surface area contributed by atoms with E-state index in [2.05, 4.69) is 40.8 Å². The Kier molecular flexibility index (Phi) is 23.3. The minimum absolute atomic E-state index is 0.0257. The highest BCUT2D eigenvalue weighted by Crippen LogP contribution is 2.39. The van der Waals surface area contributed by atoms with Gasteiger partial charge in [-0.3, -0.25) is 38.7 Å². The number of hydrogen-bond acceptors (Lipinski definition) is 20. The number of halogens is 3. The third-order valence-electron chi connectivity index (χ3n) is 20.4. The van der Waals surface area contributed by atoms with Gasteiger partial charge < -0.3 is 48.7 Å². The molecule has 0 aliphatic carbocycles. The van der Waals surface area contributed by atoms with Crippen molar-refractivity contribution in [2.75, 3.05) is 63.2 Å². The summed E-state index contributed by atoms with van der Waals surface area (Å²) in [5.74, 6) is -1.24. The van der Waals surface area contributed by atoms with E-state index in [0.29, 0.717) is 136 Å². The monoisotopic (exact) mass is 1560 g/mol. The molecule has 24 nitrogen and oxygen atoms in total. The average molecular weight is 1560 g/mol. The number of esters is 2. The molecule has 0 spiro atoms. The van der Waals surface area contributed by atoms with Gasteiger partial charge in [0.25, 0.3) is 22.9 Å². The molecule has 3 saturated heterocycles. The van der Waals surface area contributed by atoms with Crippen LogP contribution in [-0.2, 0) is 61.9 Å². The van der Waals surface area contributed by atoms with E-state index in [9.17, 15) is 28.8 Å². The molecule has 0 unspecified atom stereocenters. The number of hydrogen-bond donors (Lipinski definition) is 2. The number of fused-ring (bicyclic) bond motifs is 4. The van der Waals surface area contributed by atoms with Crippen molar-refractivity contribution in [2.24, 2.45) is 0 Å². The van der Waals surface area contributed by atoms with E-state index in [4.69, 9.17) is 39.9 Å². The highest BCUT2D eigenvalue weighted by molar-refractivity contribution is 6.62. The number of benzene rings is 6. The summed E-state index contributed by atoms with van der Waals surface area (Å²) in [7, 11) is -0.761. The van der Waals surface area contributed by atoms with Crippen LogP contribution >= 0.6 is 11.6 Å². The predicted molar refractivity (Wildman–Crippen MR) is 435 cm³/mol. The van der Waals surface area contributed by atoms with E-state index >= 15 is 8.78 Å². The van der Waals surface area contributed by atoms with Crippen molar-refractivity contribution in [3.05, 3.63) is 241 Å². The van der Waals surface area contributed by atoms with Crippen molar-refractivity contribution in [3.8, 4) is 22.5 Å². The number of nitrogens with zero attached hydrogens (tertiary/aromatic N) is 10. The lowest BCUT2D eigenvalue weighted by atomic mass is 9.75. The minimum Gasteiger partial charge on any atom is -0.461 e. The Morgan fingerprint density at radius 2 is 0.974 bits per heavy atom. The molecule has 15 rings (SSSR count). The fourth-order valence-electron chi connectivity index (χ4n) is 13.4. The van der Waals surface area contributed by atoms with Gasteiger partial charge in [-0.1, -0.05) is 89.5 Å². The van der Waals surface area contributed by atoms with Crippen LogP contribution in [0, 0.1) is 11.6 Å². The van der Waals surface area contributed by atoms with Crippen molar-refractivity contribution < 1.29 is 56.2 Å². The molecule has 12 aromatic rings. The van der Waals surface area contributed by atoms with Crippen molar-refractivity contribution in [3.63, 3.8) is 0 Å². The van der Waals surface area contributed by atoms with Crippen LogP contribution in [0.2, 0.25) is 5.02 Å². The Labute approximate surface area is 661 Å². The summed E-state index contributed by atoms with van der Waals surface area (Å²) in [6.07, 6.45) is 9.51. The molecule has 0 radical (unpaired) electrons. The second-order valence-electron chi connectivity index (χ2n) is 30.9.